The van der Waals surface area contributed by atoms with E-state index in [-0.39, 0.29) is 66.3 Å². The van der Waals surface area contributed by atoms with Gasteiger partial charge in [-0.1, -0.05) is 44.2 Å². The van der Waals surface area contributed by atoms with Crippen LogP contribution in [0.2, 0.25) is 0 Å². The Kier molecular flexibility index (Phi) is 19.7. The van der Waals surface area contributed by atoms with Crippen molar-refractivity contribution in [1.29, 1.82) is 0 Å². The number of nitrogens with zero attached hydrogens (tertiary/aromatic N) is 7. The van der Waals surface area contributed by atoms with Gasteiger partial charge in [0, 0.05) is 46.1 Å². The average molecular weight is 1260 g/mol. The van der Waals surface area contributed by atoms with E-state index in [9.17, 15) is 38.7 Å². The second-order valence-corrected chi connectivity index (χ2v) is 24.8. The molecule has 5 atom stereocenters. The minimum atomic E-state index is -1.29. The molecular weight excluding hydrogens is 1200 g/mol. The predicted molar refractivity (Wildman–Crippen MR) is 317 cm³/mol. The molecule has 0 radical (unpaired) electrons. The fourth-order valence-corrected chi connectivity index (χ4v) is 13.9. The van der Waals surface area contributed by atoms with Crippen LogP contribution in [-0.4, -0.2) is 120 Å². The van der Waals surface area contributed by atoms with E-state index in [1.165, 1.54) is 48.2 Å². The number of nitrogens with two attached hydrogens (primary N) is 1. The Labute approximate surface area is 503 Å². The Morgan fingerprint density at radius 3 is 2.20 bits per heavy atom. The first-order valence-electron chi connectivity index (χ1n) is 25.7. The molecule has 0 unspecified atom stereocenters. The topological polar surface area (TPSA) is 367 Å². The van der Waals surface area contributed by atoms with Crippen molar-refractivity contribution >= 4 is 115 Å². The number of benzene rings is 1. The van der Waals surface area contributed by atoms with E-state index in [1.54, 1.807) is 70.9 Å². The van der Waals surface area contributed by atoms with E-state index >= 15 is 0 Å². The number of anilines is 1. The van der Waals surface area contributed by atoms with Crippen LogP contribution in [0.4, 0.5) is 10.6 Å². The zero-order valence-electron chi connectivity index (χ0n) is 45.3. The Hall–Kier alpha value is -7.88. The third kappa shape index (κ3) is 14.4. The number of aliphatic carboxylic acids is 1. The number of aliphatic hydroxyl groups is 1. The van der Waals surface area contributed by atoms with Crippen LogP contribution in [0.25, 0.3) is 43.4 Å². The number of carboxylic acid groups (broad SMARTS) is 1. The number of carboxylic acids is 1. The van der Waals surface area contributed by atoms with Crippen LogP contribution in [0.5, 0.6) is 0 Å². The summed E-state index contributed by atoms with van der Waals surface area (Å²) >= 11 is 7.04. The predicted octanol–water partition coefficient (Wildman–Crippen LogP) is 7.05. The lowest BCUT2D eigenvalue weighted by atomic mass is 10.0. The summed E-state index contributed by atoms with van der Waals surface area (Å²) in [7, 11) is 2.92. The molecule has 1 aliphatic heterocycles. The monoisotopic (exact) mass is 1250 g/mol. The van der Waals surface area contributed by atoms with Crippen LogP contribution in [0.1, 0.15) is 119 Å². The molecule has 0 aliphatic carbocycles. The normalized spacial score (nSPS) is 16.6. The number of pyridine rings is 1. The lowest BCUT2D eigenvalue weighted by Crippen LogP contribution is -2.40. The van der Waals surface area contributed by atoms with Gasteiger partial charge in [-0.15, -0.1) is 68.0 Å². The molecule has 10 bridgehead atoms. The Morgan fingerprint density at radius 2 is 1.45 bits per heavy atom. The Balaban J connectivity index is 1.09. The number of carbonyl (C=O) groups is 7. The van der Waals surface area contributed by atoms with Gasteiger partial charge in [0.1, 0.15) is 88.2 Å². The third-order valence-electron chi connectivity index (χ3n) is 12.7. The minimum absolute atomic E-state index is 0.00531. The van der Waals surface area contributed by atoms with Crippen molar-refractivity contribution < 1.29 is 53.2 Å². The lowest BCUT2D eigenvalue weighted by molar-refractivity contribution is -0.138. The number of carbonyl (C=O) groups excluding carboxylic acids is 6. The molecule has 7 aromatic heterocycles. The van der Waals surface area contributed by atoms with E-state index in [2.05, 4.69) is 46.9 Å². The highest BCUT2D eigenvalue weighted by Crippen LogP contribution is 2.40. The van der Waals surface area contributed by atoms with E-state index < -0.39 is 78.4 Å². The number of ether oxygens (including phenoxy) is 2. The summed E-state index contributed by atoms with van der Waals surface area (Å²) in [6.07, 6.45) is -1.99. The van der Waals surface area contributed by atoms with Gasteiger partial charge in [0.15, 0.2) is 0 Å². The van der Waals surface area contributed by atoms with Gasteiger partial charge in [-0.2, -0.15) is 0 Å². The van der Waals surface area contributed by atoms with Crippen LogP contribution in [0.3, 0.4) is 0 Å². The van der Waals surface area contributed by atoms with Gasteiger partial charge >= 0.3 is 12.1 Å². The number of fused-ring (bicyclic) bond motifs is 14. The second kappa shape index (κ2) is 27.2. The average Bonchev–Trinajstić information content (AvgIpc) is 3.77. The van der Waals surface area contributed by atoms with E-state index in [4.69, 9.17) is 40.2 Å². The molecule has 31 heteroatoms. The SMILES string of the molecule is CNC(=O)C[C@@H]1NC(=O)c2csc(n2)-c2ccc(-c3nc(NC(=O)OCCC[C@H](N)C(=O)O)cs3)nc2-c2csc(n2)-c2csc(n2)[C@H]([C@@H](O)c2ccccc2)NC(=O)CNC(=O)c2nc(sc2COC)[C@H](C(C)C)NC(=O)c2nc1sc2C. The Morgan fingerprint density at radius 1 is 0.738 bits per heavy atom. The zero-order valence-corrected chi connectivity index (χ0v) is 50.2. The number of nitrogens with one attached hydrogen (secondary N) is 6. The summed E-state index contributed by atoms with van der Waals surface area (Å²) in [5.41, 5.74) is 8.06. The summed E-state index contributed by atoms with van der Waals surface area (Å²) in [4.78, 5) is 128. The van der Waals surface area contributed by atoms with Gasteiger partial charge in [0.25, 0.3) is 17.7 Å². The molecule has 9 rings (SSSR count). The van der Waals surface area contributed by atoms with Crippen molar-refractivity contribution in [2.24, 2.45) is 11.7 Å². The van der Waals surface area contributed by atoms with Crippen molar-refractivity contribution in [3.63, 3.8) is 0 Å². The largest absolute Gasteiger partial charge is 0.480 e. The maximum Gasteiger partial charge on any atom is 0.412 e. The van der Waals surface area contributed by atoms with Crippen LogP contribution >= 0.6 is 68.0 Å². The molecule has 1 aliphatic rings. The highest BCUT2D eigenvalue weighted by atomic mass is 32.1. The van der Waals surface area contributed by atoms with Gasteiger partial charge in [-0.25, -0.2) is 39.7 Å². The molecule has 0 fully saturated rings. The molecule has 1 aromatic carbocycles. The number of hydrogen-bond donors (Lipinski definition) is 9. The van der Waals surface area contributed by atoms with E-state index in [1.807, 2.05) is 13.8 Å². The summed E-state index contributed by atoms with van der Waals surface area (Å²) in [5, 5.41) is 46.4. The van der Waals surface area contributed by atoms with Crippen LogP contribution in [0.15, 0.2) is 64.0 Å². The summed E-state index contributed by atoms with van der Waals surface area (Å²) in [5.74, 6) is -4.19. The standard InChI is InChI=1S/C53H54N14O11S6/c1-23(2)37-51-67-40(33(84-51)18-77-5)44(72)56-17-36(69)64-41(42(70)25-10-7-6-8-11-25)50-61-32(21-81-50)48-59-30(19-80-48)39-26(13-14-28(57-39)47-62-34(22-82-47)63-53(76)78-15-9-12-27(54)52(74)75)46-60-31(20-79-46)43(71)58-29(16-35(68)55-4)49-66-38(24(3)83-49)45(73)65-37/h6-8,10-11,13-14,19-23,27,29,37,41-42,70H,9,12,15-18,54H2,1-5H3,(H,55,68)(H,56,72)(H,58,71)(H,63,76)(H,64,69)(H,65,73)(H,74,75)/t27-,29-,37-,41-,42-/m0/s1. The maximum absolute atomic E-state index is 14.3. The molecule has 8 heterocycles. The molecular formula is C53H54N14O11S6. The second-order valence-electron chi connectivity index (χ2n) is 19.0. The van der Waals surface area contributed by atoms with Crippen molar-refractivity contribution in [2.45, 2.75) is 76.9 Å². The number of thiazole rings is 6. The smallest absolute Gasteiger partial charge is 0.412 e. The summed E-state index contributed by atoms with van der Waals surface area (Å²) in [6, 6.07) is 8.25. The Bertz CT molecular complexity index is 3730. The molecule has 25 nitrogen and oxygen atoms in total. The first-order valence-corrected chi connectivity index (χ1v) is 30.9. The molecule has 84 heavy (non-hydrogen) atoms. The quantitative estimate of drug-likeness (QED) is 0.0492. The zero-order chi connectivity index (χ0) is 59.8. The van der Waals surface area contributed by atoms with Gasteiger partial charge in [0.2, 0.25) is 11.8 Å². The fraction of sp³-hybridized carbons (Fsp3) is 0.321. The number of hydrogen-bond acceptors (Lipinski definition) is 24. The van der Waals surface area contributed by atoms with Gasteiger partial charge in [-0.05, 0) is 43.4 Å². The van der Waals surface area contributed by atoms with Crippen molar-refractivity contribution in [3.8, 4) is 43.4 Å². The molecule has 0 spiro atoms. The number of aryl methyl sites for hydroxylation is 1. The number of aliphatic hydroxyl groups excluding tert-OH is 1. The number of methoxy groups -OCH3 is 1. The van der Waals surface area contributed by atoms with E-state index in [0.29, 0.717) is 68.7 Å². The van der Waals surface area contributed by atoms with Gasteiger partial charge in [-0.3, -0.25) is 34.1 Å². The molecule has 0 saturated heterocycles. The molecule has 438 valence electrons. The molecule has 10 N–H and O–H groups in total. The highest BCUT2D eigenvalue weighted by Gasteiger charge is 2.33. The van der Waals surface area contributed by atoms with Crippen LogP contribution in [0, 0.1) is 12.8 Å². The third-order valence-corrected chi connectivity index (χ3v) is 18.4. The van der Waals surface area contributed by atoms with Crippen LogP contribution < -0.4 is 37.6 Å². The minimum Gasteiger partial charge on any atom is -0.480 e. The number of aromatic nitrogens is 7. The van der Waals surface area contributed by atoms with E-state index in [0.717, 1.165) is 34.0 Å². The van der Waals surface area contributed by atoms with Gasteiger partial charge in [0.05, 0.1) is 48.8 Å². The van der Waals surface area contributed by atoms with Crippen molar-refractivity contribution in [1.82, 2.24) is 61.5 Å². The molecule has 8 aromatic rings. The van der Waals surface area contributed by atoms with Crippen LogP contribution in [-0.2, 0) is 30.5 Å². The summed E-state index contributed by atoms with van der Waals surface area (Å²) in [6.45, 7) is 4.85. The van der Waals surface area contributed by atoms with Gasteiger partial charge < -0.3 is 52.0 Å². The highest BCUT2D eigenvalue weighted by molar-refractivity contribution is 7.15. The molecule has 6 amide bonds. The maximum atomic E-state index is 14.3. The van der Waals surface area contributed by atoms with Crippen molar-refractivity contribution in [2.75, 3.05) is 32.6 Å². The summed E-state index contributed by atoms with van der Waals surface area (Å²) < 4.78 is 10.6. The first kappa shape index (κ1) is 60.7. The number of rotatable bonds is 14. The first-order chi connectivity index (χ1) is 40.4. The molecule has 0 saturated carbocycles. The van der Waals surface area contributed by atoms with Crippen molar-refractivity contribution in [3.05, 3.63) is 111 Å². The lowest BCUT2D eigenvalue weighted by Gasteiger charge is -2.23. The number of amides is 6. The fourth-order valence-electron chi connectivity index (χ4n) is 8.37.